The van der Waals surface area contributed by atoms with Crippen molar-refractivity contribution in [1.29, 1.82) is 0 Å². The van der Waals surface area contributed by atoms with Crippen LogP contribution in [0.3, 0.4) is 0 Å². The molecular weight excluding hydrogens is 460 g/mol. The van der Waals surface area contributed by atoms with Crippen molar-refractivity contribution in [3.63, 3.8) is 0 Å². The molecule has 2 atom stereocenters. The van der Waals surface area contributed by atoms with Gasteiger partial charge in [0.2, 0.25) is 0 Å². The number of unbranched alkanes of at least 4 members (excludes halogenated alkanes) is 21. The summed E-state index contributed by atoms with van der Waals surface area (Å²) in [7, 11) is 0. The second-order valence-electron chi connectivity index (χ2n) is 12.6. The van der Waals surface area contributed by atoms with Gasteiger partial charge in [-0.15, -0.1) is 0 Å². The van der Waals surface area contributed by atoms with Crippen molar-refractivity contribution in [2.75, 3.05) is 0 Å². The monoisotopic (exact) mass is 532 g/mol. The Balaban J connectivity index is 2.18. The van der Waals surface area contributed by atoms with Crippen molar-refractivity contribution in [1.82, 2.24) is 4.98 Å². The van der Waals surface area contributed by atoms with Crippen molar-refractivity contribution >= 4 is 0 Å². The SMILES string of the molecule is CCCCCCCCCCCCCCCC(CCC)c1[nH]cc[n+]1C(C)CCCCCCCCCCCC. The Bertz CT molecular complexity index is 592. The van der Waals surface area contributed by atoms with Crippen LogP contribution in [-0.2, 0) is 0 Å². The predicted molar refractivity (Wildman–Crippen MR) is 170 cm³/mol. The van der Waals surface area contributed by atoms with Gasteiger partial charge in [0.25, 0.3) is 5.82 Å². The molecule has 38 heavy (non-hydrogen) atoms. The van der Waals surface area contributed by atoms with Gasteiger partial charge in [0, 0.05) is 0 Å². The van der Waals surface area contributed by atoms with Gasteiger partial charge >= 0.3 is 0 Å². The van der Waals surface area contributed by atoms with Gasteiger partial charge < -0.3 is 0 Å². The van der Waals surface area contributed by atoms with E-state index in [9.17, 15) is 0 Å². The maximum atomic E-state index is 3.67. The summed E-state index contributed by atoms with van der Waals surface area (Å²) < 4.78 is 2.59. The van der Waals surface area contributed by atoms with Crippen molar-refractivity contribution in [2.24, 2.45) is 0 Å². The van der Waals surface area contributed by atoms with Crippen LogP contribution in [0.15, 0.2) is 12.4 Å². The number of nitrogens with zero attached hydrogens (tertiary/aromatic N) is 1. The van der Waals surface area contributed by atoms with Gasteiger partial charge in [0.05, 0.1) is 12.0 Å². The average Bonchev–Trinajstić information content (AvgIpc) is 3.41. The molecule has 0 saturated heterocycles. The summed E-state index contributed by atoms with van der Waals surface area (Å²) in [6.07, 6.45) is 42.8. The van der Waals surface area contributed by atoms with E-state index in [1.54, 1.807) is 0 Å². The highest BCUT2D eigenvalue weighted by molar-refractivity contribution is 4.90. The molecule has 0 fully saturated rings. The molecule has 0 amide bonds. The van der Waals surface area contributed by atoms with Gasteiger partial charge in [-0.05, 0) is 32.6 Å². The van der Waals surface area contributed by atoms with Gasteiger partial charge in [-0.2, -0.15) is 0 Å². The zero-order valence-corrected chi connectivity index (χ0v) is 26.8. The first-order chi connectivity index (χ1) is 18.7. The fourth-order valence-electron chi connectivity index (χ4n) is 6.31. The summed E-state index contributed by atoms with van der Waals surface area (Å²) in [4.78, 5) is 3.67. The van der Waals surface area contributed by atoms with E-state index < -0.39 is 0 Å². The van der Waals surface area contributed by atoms with E-state index >= 15 is 0 Å². The Morgan fingerprint density at radius 2 is 0.895 bits per heavy atom. The molecule has 224 valence electrons. The molecule has 0 aliphatic rings. The molecule has 1 rings (SSSR count). The number of aromatic amines is 1. The van der Waals surface area contributed by atoms with Crippen LogP contribution >= 0.6 is 0 Å². The van der Waals surface area contributed by atoms with Crippen LogP contribution in [0.5, 0.6) is 0 Å². The maximum Gasteiger partial charge on any atom is 0.257 e. The van der Waals surface area contributed by atoms with Crippen LogP contribution < -0.4 is 4.57 Å². The molecule has 0 saturated carbocycles. The average molecular weight is 532 g/mol. The smallest absolute Gasteiger partial charge is 0.247 e. The van der Waals surface area contributed by atoms with Crippen molar-refractivity contribution in [3.8, 4) is 0 Å². The molecule has 1 N–H and O–H groups in total. The summed E-state index contributed by atoms with van der Waals surface area (Å²) in [6, 6.07) is 0.622. The van der Waals surface area contributed by atoms with Gasteiger partial charge in [0.1, 0.15) is 12.4 Å². The summed E-state index contributed by atoms with van der Waals surface area (Å²) in [6.45, 7) is 9.41. The predicted octanol–water partition coefficient (Wildman–Crippen LogP) is 12.5. The largest absolute Gasteiger partial charge is 0.257 e. The zero-order valence-electron chi connectivity index (χ0n) is 26.8. The minimum atomic E-state index is 0.622. The summed E-state index contributed by atoms with van der Waals surface area (Å²) in [5.41, 5.74) is 0. The van der Waals surface area contributed by atoms with Gasteiger partial charge in [-0.25, -0.2) is 9.55 Å². The van der Waals surface area contributed by atoms with Crippen LogP contribution in [0.4, 0.5) is 0 Å². The Labute approximate surface area is 240 Å². The minimum Gasteiger partial charge on any atom is -0.247 e. The van der Waals surface area contributed by atoms with E-state index in [0.29, 0.717) is 12.0 Å². The number of hydrogen-bond donors (Lipinski definition) is 1. The Hall–Kier alpha value is -0.790. The second-order valence-corrected chi connectivity index (χ2v) is 12.6. The van der Waals surface area contributed by atoms with E-state index in [-0.39, 0.29) is 0 Å². The number of rotatable bonds is 29. The number of aromatic nitrogens is 2. The quantitative estimate of drug-likeness (QED) is 0.0783. The van der Waals surface area contributed by atoms with Crippen LogP contribution in [-0.4, -0.2) is 4.98 Å². The zero-order chi connectivity index (χ0) is 27.5. The lowest BCUT2D eigenvalue weighted by Gasteiger charge is -2.16. The fourth-order valence-corrected chi connectivity index (χ4v) is 6.31. The molecule has 2 heteroatoms. The first-order valence-electron chi connectivity index (χ1n) is 17.8. The molecule has 0 aliphatic carbocycles. The molecule has 2 unspecified atom stereocenters. The first kappa shape index (κ1) is 35.2. The van der Waals surface area contributed by atoms with E-state index in [2.05, 4.69) is 49.6 Å². The van der Waals surface area contributed by atoms with Crippen LogP contribution in [0, 0.1) is 0 Å². The number of hydrogen-bond acceptors (Lipinski definition) is 0. The van der Waals surface area contributed by atoms with E-state index in [0.717, 1.165) is 0 Å². The lowest BCUT2D eigenvalue weighted by molar-refractivity contribution is -0.727. The maximum absolute atomic E-state index is 3.67. The van der Waals surface area contributed by atoms with E-state index in [4.69, 9.17) is 0 Å². The topological polar surface area (TPSA) is 19.7 Å². The molecule has 0 radical (unpaired) electrons. The van der Waals surface area contributed by atoms with Crippen LogP contribution in [0.1, 0.15) is 219 Å². The molecule has 2 nitrogen and oxygen atoms in total. The number of nitrogens with one attached hydrogen (secondary N) is 1. The highest BCUT2D eigenvalue weighted by atomic mass is 15.1. The molecule has 1 aromatic heterocycles. The number of H-pyrrole nitrogens is 1. The summed E-state index contributed by atoms with van der Waals surface area (Å²) >= 11 is 0. The third-order valence-electron chi connectivity index (χ3n) is 8.87. The van der Waals surface area contributed by atoms with Crippen molar-refractivity contribution in [3.05, 3.63) is 18.2 Å². The lowest BCUT2D eigenvalue weighted by Crippen LogP contribution is -2.41. The van der Waals surface area contributed by atoms with E-state index in [1.807, 2.05) is 0 Å². The van der Waals surface area contributed by atoms with Crippen LogP contribution in [0.2, 0.25) is 0 Å². The van der Waals surface area contributed by atoms with Crippen molar-refractivity contribution < 1.29 is 4.57 Å². The molecule has 1 heterocycles. The Morgan fingerprint density at radius 3 is 1.32 bits per heavy atom. The number of imidazole rings is 1. The van der Waals surface area contributed by atoms with Gasteiger partial charge in [-0.1, -0.05) is 168 Å². The standard InChI is InChI=1S/C36H70N2/c1-5-8-10-12-14-16-18-19-20-22-24-26-28-31-35(29-7-3)36-37-32-33-38(36)34(4)30-27-25-23-21-17-15-13-11-9-6-2/h32-35H,5-31H2,1-4H3/p+1. The van der Waals surface area contributed by atoms with Crippen molar-refractivity contribution in [2.45, 2.75) is 213 Å². The second kappa shape index (κ2) is 26.4. The molecule has 1 aromatic rings. The normalized spacial score (nSPS) is 13.3. The lowest BCUT2D eigenvalue weighted by atomic mass is 9.94. The molecule has 0 aliphatic heterocycles. The molecule has 0 aromatic carbocycles. The van der Waals surface area contributed by atoms with Crippen LogP contribution in [0.25, 0.3) is 0 Å². The van der Waals surface area contributed by atoms with Gasteiger partial charge in [-0.3, -0.25) is 0 Å². The molecule has 0 bridgehead atoms. The summed E-state index contributed by atoms with van der Waals surface area (Å²) in [5.74, 6) is 2.21. The highest BCUT2D eigenvalue weighted by Gasteiger charge is 2.24. The molecule has 0 spiro atoms. The Kier molecular flexibility index (Phi) is 24.5. The Morgan fingerprint density at radius 1 is 0.500 bits per heavy atom. The third-order valence-corrected chi connectivity index (χ3v) is 8.87. The van der Waals surface area contributed by atoms with Gasteiger partial charge in [0.15, 0.2) is 0 Å². The highest BCUT2D eigenvalue weighted by Crippen LogP contribution is 2.26. The fraction of sp³-hybridized carbons (Fsp3) is 0.917. The van der Waals surface area contributed by atoms with E-state index in [1.165, 1.54) is 179 Å². The molecular formula is C36H71N2+. The summed E-state index contributed by atoms with van der Waals surface area (Å²) in [5, 5.41) is 0. The minimum absolute atomic E-state index is 0.622. The first-order valence-corrected chi connectivity index (χ1v) is 17.8. The third kappa shape index (κ3) is 18.5.